The molecule has 1 aliphatic rings. The number of hydrogen-bond acceptors (Lipinski definition) is 5. The minimum atomic E-state index is -0.805. The van der Waals surface area contributed by atoms with E-state index in [9.17, 15) is 9.59 Å². The Balaban J connectivity index is 2.07. The maximum atomic E-state index is 11.5. The second kappa shape index (κ2) is 4.95. The summed E-state index contributed by atoms with van der Waals surface area (Å²) in [7, 11) is 0. The normalized spacial score (nSPS) is 23.2. The summed E-state index contributed by atoms with van der Waals surface area (Å²) >= 11 is 0. The van der Waals surface area contributed by atoms with E-state index in [2.05, 4.69) is 4.98 Å². The van der Waals surface area contributed by atoms with Crippen LogP contribution in [0.4, 0.5) is 0 Å². The minimum Gasteiger partial charge on any atom is -0.465 e. The van der Waals surface area contributed by atoms with Gasteiger partial charge in [-0.25, -0.2) is 0 Å². The van der Waals surface area contributed by atoms with Crippen LogP contribution in [-0.2, 0) is 19.1 Å². The second-order valence-electron chi connectivity index (χ2n) is 3.75. The highest BCUT2D eigenvalue weighted by atomic mass is 16.6. The van der Waals surface area contributed by atoms with E-state index in [1.807, 2.05) is 6.07 Å². The Morgan fingerprint density at radius 2 is 2.47 bits per heavy atom. The van der Waals surface area contributed by atoms with Crippen LogP contribution < -0.4 is 0 Å². The van der Waals surface area contributed by atoms with Crippen LogP contribution >= 0.6 is 0 Å². The second-order valence-corrected chi connectivity index (χ2v) is 3.75. The van der Waals surface area contributed by atoms with Crippen LogP contribution in [0.5, 0.6) is 0 Å². The van der Waals surface area contributed by atoms with Gasteiger partial charge < -0.3 is 9.47 Å². The lowest BCUT2D eigenvalue weighted by Crippen LogP contribution is -2.21. The summed E-state index contributed by atoms with van der Waals surface area (Å²) in [4.78, 5) is 27.0. The van der Waals surface area contributed by atoms with Gasteiger partial charge in [0.15, 0.2) is 5.92 Å². The molecule has 90 valence electrons. The van der Waals surface area contributed by atoms with Gasteiger partial charge >= 0.3 is 11.9 Å². The lowest BCUT2D eigenvalue weighted by atomic mass is 10.0. The molecule has 0 bridgehead atoms. The van der Waals surface area contributed by atoms with E-state index < -0.39 is 24.0 Å². The number of nitrogens with zero attached hydrogens (tertiary/aromatic N) is 1. The van der Waals surface area contributed by atoms with Crippen LogP contribution in [-0.4, -0.2) is 23.5 Å². The third-order valence-corrected chi connectivity index (χ3v) is 2.62. The first-order valence-electron chi connectivity index (χ1n) is 5.49. The predicted octanol–water partition coefficient (Wildman–Crippen LogP) is 1.25. The number of carbonyl (C=O) groups is 2. The Morgan fingerprint density at radius 1 is 1.65 bits per heavy atom. The van der Waals surface area contributed by atoms with Gasteiger partial charge in [-0.2, -0.15) is 0 Å². The van der Waals surface area contributed by atoms with Crippen LogP contribution in [0.15, 0.2) is 24.5 Å². The van der Waals surface area contributed by atoms with E-state index in [4.69, 9.17) is 9.47 Å². The third-order valence-electron chi connectivity index (χ3n) is 2.62. The van der Waals surface area contributed by atoms with Crippen molar-refractivity contribution in [3.8, 4) is 0 Å². The smallest absolute Gasteiger partial charge is 0.321 e. The molecule has 5 heteroatoms. The summed E-state index contributed by atoms with van der Waals surface area (Å²) in [6, 6.07) is 3.58. The van der Waals surface area contributed by atoms with Crippen molar-refractivity contribution in [3.05, 3.63) is 30.1 Å². The zero-order chi connectivity index (χ0) is 12.3. The monoisotopic (exact) mass is 235 g/mol. The topological polar surface area (TPSA) is 65.5 Å². The molecule has 1 aromatic heterocycles. The molecule has 5 nitrogen and oxygen atoms in total. The standard InChI is InChI=1S/C12H13NO4/c1-2-16-11(14)9-6-10(17-12(9)15)8-4-3-5-13-7-8/h3-5,7,9-10H,2,6H2,1H3. The Bertz CT molecular complexity index is 418. The van der Waals surface area contributed by atoms with E-state index in [1.54, 1.807) is 25.4 Å². The zero-order valence-corrected chi connectivity index (χ0v) is 9.46. The lowest BCUT2D eigenvalue weighted by Gasteiger charge is -2.07. The van der Waals surface area contributed by atoms with Gasteiger partial charge in [-0.1, -0.05) is 6.07 Å². The summed E-state index contributed by atoms with van der Waals surface area (Å²) in [6.45, 7) is 1.97. The Kier molecular flexibility index (Phi) is 3.37. The van der Waals surface area contributed by atoms with E-state index in [0.717, 1.165) is 5.56 Å². The van der Waals surface area contributed by atoms with Crippen molar-refractivity contribution in [1.82, 2.24) is 4.98 Å². The van der Waals surface area contributed by atoms with Crippen molar-refractivity contribution in [2.45, 2.75) is 19.4 Å². The number of rotatable bonds is 3. The fourth-order valence-corrected chi connectivity index (χ4v) is 1.79. The molecule has 0 spiro atoms. The summed E-state index contributed by atoms with van der Waals surface area (Å²) in [5.74, 6) is -1.83. The van der Waals surface area contributed by atoms with Crippen LogP contribution in [0.25, 0.3) is 0 Å². The summed E-state index contributed by atoms with van der Waals surface area (Å²) in [5.41, 5.74) is 0.799. The van der Waals surface area contributed by atoms with E-state index in [-0.39, 0.29) is 6.61 Å². The van der Waals surface area contributed by atoms with Crippen LogP contribution in [0.3, 0.4) is 0 Å². The molecule has 1 aliphatic heterocycles. The molecule has 0 aromatic carbocycles. The van der Waals surface area contributed by atoms with Gasteiger partial charge in [-0.15, -0.1) is 0 Å². The lowest BCUT2D eigenvalue weighted by molar-refractivity contribution is -0.156. The molecular formula is C12H13NO4. The highest BCUT2D eigenvalue weighted by Crippen LogP contribution is 2.33. The average Bonchev–Trinajstić information content (AvgIpc) is 2.73. The van der Waals surface area contributed by atoms with Crippen LogP contribution in [0.2, 0.25) is 0 Å². The van der Waals surface area contributed by atoms with Crippen molar-refractivity contribution in [1.29, 1.82) is 0 Å². The van der Waals surface area contributed by atoms with Gasteiger partial charge in [0.1, 0.15) is 6.10 Å². The first-order chi connectivity index (χ1) is 8.22. The van der Waals surface area contributed by atoms with Gasteiger partial charge in [-0.05, 0) is 13.0 Å². The van der Waals surface area contributed by atoms with Gasteiger partial charge in [0.05, 0.1) is 6.61 Å². The molecule has 1 fully saturated rings. The van der Waals surface area contributed by atoms with Crippen molar-refractivity contribution < 1.29 is 19.1 Å². The summed E-state index contributed by atoms with van der Waals surface area (Å²) in [5, 5.41) is 0. The van der Waals surface area contributed by atoms with Gasteiger partial charge in [0.25, 0.3) is 0 Å². The maximum Gasteiger partial charge on any atom is 0.321 e. The summed E-state index contributed by atoms with van der Waals surface area (Å²) < 4.78 is 9.97. The zero-order valence-electron chi connectivity index (χ0n) is 9.46. The largest absolute Gasteiger partial charge is 0.465 e. The number of hydrogen-bond donors (Lipinski definition) is 0. The molecule has 2 rings (SSSR count). The molecule has 0 N–H and O–H groups in total. The quantitative estimate of drug-likeness (QED) is 0.582. The molecule has 0 amide bonds. The number of carbonyl (C=O) groups excluding carboxylic acids is 2. The number of pyridine rings is 1. The molecule has 1 saturated heterocycles. The minimum absolute atomic E-state index is 0.264. The molecule has 2 atom stereocenters. The number of esters is 2. The molecule has 0 saturated carbocycles. The fraction of sp³-hybridized carbons (Fsp3) is 0.417. The molecule has 1 aromatic rings. The molecule has 2 heterocycles. The average molecular weight is 235 g/mol. The Hall–Kier alpha value is -1.91. The summed E-state index contributed by atoms with van der Waals surface area (Å²) in [6.07, 6.45) is 3.20. The van der Waals surface area contributed by atoms with Crippen LogP contribution in [0.1, 0.15) is 25.0 Å². The highest BCUT2D eigenvalue weighted by Gasteiger charge is 2.41. The highest BCUT2D eigenvalue weighted by molar-refractivity contribution is 5.96. The molecule has 0 aliphatic carbocycles. The third kappa shape index (κ3) is 2.43. The Labute approximate surface area is 98.7 Å². The van der Waals surface area contributed by atoms with E-state index >= 15 is 0 Å². The maximum absolute atomic E-state index is 11.5. The van der Waals surface area contributed by atoms with Gasteiger partial charge in [-0.3, -0.25) is 14.6 Å². The first-order valence-corrected chi connectivity index (χ1v) is 5.49. The van der Waals surface area contributed by atoms with Crippen molar-refractivity contribution in [3.63, 3.8) is 0 Å². The van der Waals surface area contributed by atoms with E-state index in [0.29, 0.717) is 6.42 Å². The molecule has 2 unspecified atom stereocenters. The van der Waals surface area contributed by atoms with Gasteiger partial charge in [0, 0.05) is 24.4 Å². The van der Waals surface area contributed by atoms with E-state index in [1.165, 1.54) is 0 Å². The Morgan fingerprint density at radius 3 is 3.12 bits per heavy atom. The number of cyclic esters (lactones) is 1. The number of aromatic nitrogens is 1. The number of ether oxygens (including phenoxy) is 2. The molecular weight excluding hydrogens is 222 g/mol. The van der Waals surface area contributed by atoms with Gasteiger partial charge in [0.2, 0.25) is 0 Å². The predicted molar refractivity (Wildman–Crippen MR) is 57.8 cm³/mol. The SMILES string of the molecule is CCOC(=O)C1CC(c2cccnc2)OC1=O. The first kappa shape index (κ1) is 11.6. The van der Waals surface area contributed by atoms with Crippen molar-refractivity contribution in [2.75, 3.05) is 6.61 Å². The fourth-order valence-electron chi connectivity index (χ4n) is 1.79. The molecule has 0 radical (unpaired) electrons. The van der Waals surface area contributed by atoms with Crippen molar-refractivity contribution >= 4 is 11.9 Å². The van der Waals surface area contributed by atoms with Crippen molar-refractivity contribution in [2.24, 2.45) is 5.92 Å². The van der Waals surface area contributed by atoms with Crippen LogP contribution in [0, 0.1) is 5.92 Å². The molecule has 17 heavy (non-hydrogen) atoms.